The minimum absolute atomic E-state index is 0.0730. The molecule has 18 heavy (non-hydrogen) atoms. The number of amides is 3. The number of phenolic OH excluding ortho intramolecular Hbond substituents is 1. The van der Waals surface area contributed by atoms with Gasteiger partial charge < -0.3 is 10.8 Å². The Hall–Kier alpha value is -2.90. The zero-order valence-electron chi connectivity index (χ0n) is 8.99. The molecule has 94 valence electrons. The number of nitrogens with one attached hydrogen (secondary N) is 1. The molecule has 4 N–H and O–H groups in total. The van der Waals surface area contributed by atoms with Crippen LogP contribution in [-0.2, 0) is 4.79 Å². The average molecular weight is 251 g/mol. The summed E-state index contributed by atoms with van der Waals surface area (Å²) in [6, 6.07) is 2.82. The van der Waals surface area contributed by atoms with Crippen LogP contribution in [0, 0.1) is 10.1 Å². The molecule has 0 fully saturated rings. The largest absolute Gasteiger partial charge is 0.502 e. The molecule has 0 unspecified atom stereocenters. The number of nitro groups is 1. The lowest BCUT2D eigenvalue weighted by Crippen LogP contribution is -2.33. The topological polar surface area (TPSA) is 136 Å². The number of nitrogens with zero attached hydrogens (tertiary/aromatic N) is 1. The Bertz CT molecular complexity index is 538. The van der Waals surface area contributed by atoms with Crippen LogP contribution in [0.4, 0.5) is 10.5 Å². The summed E-state index contributed by atoms with van der Waals surface area (Å²) in [6.07, 6.45) is 2.05. The molecular formula is C10H9N3O5. The number of aromatic hydroxyl groups is 1. The van der Waals surface area contributed by atoms with Crippen LogP contribution >= 0.6 is 0 Å². The Labute approximate surface area is 101 Å². The first-order valence-corrected chi connectivity index (χ1v) is 4.66. The van der Waals surface area contributed by atoms with E-state index in [2.05, 4.69) is 0 Å². The van der Waals surface area contributed by atoms with Crippen molar-refractivity contribution in [2.24, 2.45) is 5.73 Å². The highest BCUT2D eigenvalue weighted by atomic mass is 16.6. The standard InChI is InChI=1S/C10H9N3O5/c11-10(16)12-8(14)5-4-6-2-1-3-7(9(6)15)13(17)18/h1-5,15H,(H3,11,12,14,16). The number of phenols is 1. The van der Waals surface area contributed by atoms with Gasteiger partial charge in [-0.2, -0.15) is 0 Å². The highest BCUT2D eigenvalue weighted by Gasteiger charge is 2.14. The van der Waals surface area contributed by atoms with E-state index in [4.69, 9.17) is 5.73 Å². The fourth-order valence-electron chi connectivity index (χ4n) is 1.16. The molecule has 3 amide bonds. The number of benzene rings is 1. The molecule has 1 aromatic carbocycles. The van der Waals surface area contributed by atoms with E-state index in [-0.39, 0.29) is 5.56 Å². The van der Waals surface area contributed by atoms with E-state index >= 15 is 0 Å². The first kappa shape index (κ1) is 13.2. The van der Waals surface area contributed by atoms with Crippen molar-refractivity contribution in [3.63, 3.8) is 0 Å². The van der Waals surface area contributed by atoms with Gasteiger partial charge in [-0.25, -0.2) is 4.79 Å². The zero-order chi connectivity index (χ0) is 13.7. The number of hydrogen-bond donors (Lipinski definition) is 3. The van der Waals surface area contributed by atoms with Crippen molar-refractivity contribution in [3.05, 3.63) is 40.0 Å². The molecule has 0 bridgehead atoms. The van der Waals surface area contributed by atoms with Crippen molar-refractivity contribution >= 4 is 23.7 Å². The summed E-state index contributed by atoms with van der Waals surface area (Å²) in [7, 11) is 0. The number of hydrogen-bond acceptors (Lipinski definition) is 5. The van der Waals surface area contributed by atoms with Crippen LogP contribution in [0.5, 0.6) is 5.75 Å². The van der Waals surface area contributed by atoms with Crippen molar-refractivity contribution in [2.45, 2.75) is 0 Å². The van der Waals surface area contributed by atoms with E-state index in [1.807, 2.05) is 0 Å². The lowest BCUT2D eigenvalue weighted by Gasteiger charge is -1.99. The van der Waals surface area contributed by atoms with E-state index in [0.717, 1.165) is 18.2 Å². The molecule has 0 saturated heterocycles. The molecule has 1 aromatic rings. The number of urea groups is 1. The van der Waals surface area contributed by atoms with Gasteiger partial charge in [0.05, 0.1) is 4.92 Å². The molecule has 8 heteroatoms. The summed E-state index contributed by atoms with van der Waals surface area (Å²) in [6.45, 7) is 0. The van der Waals surface area contributed by atoms with E-state index in [1.54, 1.807) is 5.32 Å². The molecule has 0 radical (unpaired) electrons. The van der Waals surface area contributed by atoms with Crippen LogP contribution in [0.3, 0.4) is 0 Å². The van der Waals surface area contributed by atoms with Crippen LogP contribution in [0.25, 0.3) is 6.08 Å². The molecule has 0 atom stereocenters. The number of nitro benzene ring substituents is 1. The van der Waals surface area contributed by atoms with Gasteiger partial charge in [-0.15, -0.1) is 0 Å². The lowest BCUT2D eigenvalue weighted by atomic mass is 10.1. The summed E-state index contributed by atoms with van der Waals surface area (Å²) < 4.78 is 0. The quantitative estimate of drug-likeness (QED) is 0.408. The lowest BCUT2D eigenvalue weighted by molar-refractivity contribution is -0.385. The number of rotatable bonds is 3. The van der Waals surface area contributed by atoms with E-state index in [0.29, 0.717) is 0 Å². The Morgan fingerprint density at radius 2 is 2.11 bits per heavy atom. The van der Waals surface area contributed by atoms with Gasteiger partial charge in [-0.1, -0.05) is 12.1 Å². The molecule has 0 heterocycles. The third kappa shape index (κ3) is 3.30. The summed E-state index contributed by atoms with van der Waals surface area (Å²) in [5, 5.41) is 21.8. The average Bonchev–Trinajstić information content (AvgIpc) is 2.26. The van der Waals surface area contributed by atoms with Gasteiger partial charge in [0.1, 0.15) is 0 Å². The highest BCUT2D eigenvalue weighted by Crippen LogP contribution is 2.29. The van der Waals surface area contributed by atoms with Crippen LogP contribution in [-0.4, -0.2) is 22.0 Å². The molecule has 0 spiro atoms. The number of carbonyl (C=O) groups is 2. The van der Waals surface area contributed by atoms with E-state index < -0.39 is 28.3 Å². The predicted octanol–water partition coefficient (Wildman–Crippen LogP) is 0.508. The van der Waals surface area contributed by atoms with E-state index in [1.165, 1.54) is 12.1 Å². The highest BCUT2D eigenvalue weighted by molar-refractivity contribution is 6.02. The molecule has 0 aliphatic carbocycles. The summed E-state index contributed by atoms with van der Waals surface area (Å²) in [5.74, 6) is -1.36. The van der Waals surface area contributed by atoms with Crippen LogP contribution in [0.2, 0.25) is 0 Å². The van der Waals surface area contributed by atoms with Gasteiger partial charge in [0.2, 0.25) is 5.75 Å². The van der Waals surface area contributed by atoms with Crippen LogP contribution in [0.1, 0.15) is 5.56 Å². The molecule has 0 aliphatic heterocycles. The van der Waals surface area contributed by atoms with E-state index in [9.17, 15) is 24.8 Å². The number of para-hydroxylation sites is 1. The van der Waals surface area contributed by atoms with Gasteiger partial charge in [0.25, 0.3) is 5.91 Å². The molecular weight excluding hydrogens is 242 g/mol. The van der Waals surface area contributed by atoms with Crippen molar-refractivity contribution in [1.82, 2.24) is 5.32 Å². The van der Waals surface area contributed by atoms with Crippen LogP contribution in [0.15, 0.2) is 24.3 Å². The fraction of sp³-hybridized carbons (Fsp3) is 0. The smallest absolute Gasteiger partial charge is 0.319 e. The number of nitrogens with two attached hydrogens (primary N) is 1. The SMILES string of the molecule is NC(=O)NC(=O)C=Cc1cccc([N+](=O)[O-])c1O. The second-order valence-electron chi connectivity index (χ2n) is 3.16. The molecule has 8 nitrogen and oxygen atoms in total. The Kier molecular flexibility index (Phi) is 3.98. The second-order valence-corrected chi connectivity index (χ2v) is 3.16. The first-order chi connectivity index (χ1) is 8.41. The maximum absolute atomic E-state index is 11.0. The molecule has 1 rings (SSSR count). The second kappa shape index (κ2) is 5.43. The Morgan fingerprint density at radius 1 is 1.44 bits per heavy atom. The molecule has 0 aliphatic rings. The Balaban J connectivity index is 2.95. The van der Waals surface area contributed by atoms with Gasteiger partial charge in [0.15, 0.2) is 0 Å². The van der Waals surface area contributed by atoms with Crippen molar-refractivity contribution in [3.8, 4) is 5.75 Å². The van der Waals surface area contributed by atoms with Crippen molar-refractivity contribution in [1.29, 1.82) is 0 Å². The fourth-order valence-corrected chi connectivity index (χ4v) is 1.16. The van der Waals surface area contributed by atoms with Gasteiger partial charge in [-0.05, 0) is 6.08 Å². The zero-order valence-corrected chi connectivity index (χ0v) is 8.99. The predicted molar refractivity (Wildman–Crippen MR) is 61.5 cm³/mol. The monoisotopic (exact) mass is 251 g/mol. The minimum atomic E-state index is -1.02. The summed E-state index contributed by atoms with van der Waals surface area (Å²) >= 11 is 0. The summed E-state index contributed by atoms with van der Waals surface area (Å²) in [5.41, 5.74) is 4.31. The minimum Gasteiger partial charge on any atom is -0.502 e. The molecule has 0 saturated carbocycles. The number of carbonyl (C=O) groups excluding carboxylic acids is 2. The van der Waals surface area contributed by atoms with Crippen molar-refractivity contribution in [2.75, 3.05) is 0 Å². The normalized spacial score (nSPS) is 10.2. The maximum atomic E-state index is 11.0. The van der Waals surface area contributed by atoms with Gasteiger partial charge in [-0.3, -0.25) is 20.2 Å². The third-order valence-corrected chi connectivity index (χ3v) is 1.90. The third-order valence-electron chi connectivity index (χ3n) is 1.90. The van der Waals surface area contributed by atoms with Crippen LogP contribution < -0.4 is 11.1 Å². The maximum Gasteiger partial charge on any atom is 0.319 e. The summed E-state index contributed by atoms with van der Waals surface area (Å²) in [4.78, 5) is 31.2. The molecule has 0 aromatic heterocycles. The Morgan fingerprint density at radius 3 is 2.67 bits per heavy atom. The van der Waals surface area contributed by atoms with Gasteiger partial charge >= 0.3 is 11.7 Å². The number of imide groups is 1. The number of primary amides is 1. The van der Waals surface area contributed by atoms with Crippen molar-refractivity contribution < 1.29 is 19.6 Å². The first-order valence-electron chi connectivity index (χ1n) is 4.66. The van der Waals surface area contributed by atoms with Gasteiger partial charge in [0, 0.05) is 17.7 Å².